The summed E-state index contributed by atoms with van der Waals surface area (Å²) in [5.74, 6) is 5.32. The number of ether oxygens (including phenoxy) is 2. The lowest BCUT2D eigenvalue weighted by Gasteiger charge is -2.61. The Morgan fingerprint density at radius 3 is 2.18 bits per heavy atom. The Bertz CT molecular complexity index is 711. The fourth-order valence-electron chi connectivity index (χ4n) is 9.46. The highest BCUT2D eigenvalue weighted by atomic mass is 16.7. The van der Waals surface area contributed by atoms with Crippen LogP contribution in [0.2, 0.25) is 0 Å². The number of carbonyl (C=O) groups excluding carboxylic acids is 1. The lowest BCUT2D eigenvalue weighted by atomic mass is 9.44. The van der Waals surface area contributed by atoms with Crippen molar-refractivity contribution in [3.63, 3.8) is 0 Å². The van der Waals surface area contributed by atoms with Gasteiger partial charge in [-0.25, -0.2) is 0 Å². The van der Waals surface area contributed by atoms with Gasteiger partial charge in [-0.15, -0.1) is 0 Å². The quantitative estimate of drug-likeness (QED) is 0.368. The Morgan fingerprint density at radius 1 is 0.879 bits per heavy atom. The molecule has 33 heavy (non-hydrogen) atoms. The first kappa shape index (κ1) is 25.7. The molecule has 4 aliphatic rings. The van der Waals surface area contributed by atoms with Crippen LogP contribution in [-0.2, 0) is 14.3 Å². The van der Waals surface area contributed by atoms with Crippen LogP contribution in [0, 0.1) is 58.2 Å². The molecule has 3 heteroatoms. The summed E-state index contributed by atoms with van der Waals surface area (Å²) >= 11 is 0. The van der Waals surface area contributed by atoms with Crippen molar-refractivity contribution in [2.24, 2.45) is 58.2 Å². The van der Waals surface area contributed by atoms with Crippen LogP contribution in [-0.4, -0.2) is 25.8 Å². The number of hydrogen-bond acceptors (Lipinski definition) is 3. The lowest BCUT2D eigenvalue weighted by Crippen LogP contribution is -2.59. The number of ketones is 1. The van der Waals surface area contributed by atoms with E-state index in [1.165, 1.54) is 38.5 Å². The summed E-state index contributed by atoms with van der Waals surface area (Å²) in [6.07, 6.45) is 11.7. The molecular weight excluding hydrogens is 408 g/mol. The zero-order valence-corrected chi connectivity index (χ0v) is 22.9. The third-order valence-electron chi connectivity index (χ3n) is 12.2. The summed E-state index contributed by atoms with van der Waals surface area (Å²) in [6.45, 7) is 14.8. The standard InChI is InChI=1S/C30H52O3/c1-19(2)20(3)9-10-21(4)23-11-12-24-22-17-27(31)26-18-30(32-7,33-8)16-15-29(26,6)25(22)13-14-28(23,24)5/h19-26H,9-18H2,1-8H3. The van der Waals surface area contributed by atoms with Gasteiger partial charge >= 0.3 is 0 Å². The molecule has 4 aliphatic carbocycles. The fourth-order valence-corrected chi connectivity index (χ4v) is 9.46. The number of methoxy groups -OCH3 is 2. The molecule has 0 heterocycles. The second-order valence-corrected chi connectivity index (χ2v) is 13.6. The van der Waals surface area contributed by atoms with E-state index in [1.54, 1.807) is 14.2 Å². The van der Waals surface area contributed by atoms with Crippen LogP contribution in [0.3, 0.4) is 0 Å². The highest BCUT2D eigenvalue weighted by Gasteiger charge is 2.64. The molecule has 0 spiro atoms. The Kier molecular flexibility index (Phi) is 7.18. The zero-order valence-electron chi connectivity index (χ0n) is 22.9. The number of fused-ring (bicyclic) bond motifs is 5. The molecule has 0 amide bonds. The second kappa shape index (κ2) is 9.23. The Morgan fingerprint density at radius 2 is 1.55 bits per heavy atom. The van der Waals surface area contributed by atoms with E-state index in [0.29, 0.717) is 23.0 Å². The number of rotatable bonds is 7. The molecule has 0 bridgehead atoms. The largest absolute Gasteiger partial charge is 0.353 e. The molecule has 0 N–H and O–H groups in total. The van der Waals surface area contributed by atoms with Crippen molar-refractivity contribution in [2.45, 2.75) is 112 Å². The van der Waals surface area contributed by atoms with E-state index < -0.39 is 5.79 Å². The van der Waals surface area contributed by atoms with E-state index in [2.05, 4.69) is 41.5 Å². The highest BCUT2D eigenvalue weighted by Crippen LogP contribution is 2.68. The number of Topliss-reactive ketones (excluding diaryl/α,β-unsaturated/α-hetero) is 1. The molecule has 4 fully saturated rings. The fraction of sp³-hybridized carbons (Fsp3) is 0.967. The molecule has 0 radical (unpaired) electrons. The first-order valence-electron chi connectivity index (χ1n) is 14.1. The minimum Gasteiger partial charge on any atom is -0.353 e. The zero-order chi connectivity index (χ0) is 24.2. The van der Waals surface area contributed by atoms with Gasteiger partial charge in [-0.1, -0.05) is 54.4 Å². The summed E-state index contributed by atoms with van der Waals surface area (Å²) in [6, 6.07) is 0. The molecule has 4 saturated carbocycles. The van der Waals surface area contributed by atoms with Gasteiger partial charge in [-0.05, 0) is 84.4 Å². The molecule has 3 nitrogen and oxygen atoms in total. The Balaban J connectivity index is 1.51. The van der Waals surface area contributed by atoms with Crippen LogP contribution in [0.5, 0.6) is 0 Å². The van der Waals surface area contributed by atoms with Crippen molar-refractivity contribution < 1.29 is 14.3 Å². The minimum absolute atomic E-state index is 0.102. The maximum atomic E-state index is 13.6. The summed E-state index contributed by atoms with van der Waals surface area (Å²) in [4.78, 5) is 13.6. The van der Waals surface area contributed by atoms with Crippen molar-refractivity contribution in [3.8, 4) is 0 Å². The number of carbonyl (C=O) groups is 1. The molecule has 0 aromatic rings. The summed E-state index contributed by atoms with van der Waals surface area (Å²) < 4.78 is 11.6. The lowest BCUT2D eigenvalue weighted by molar-refractivity contribution is -0.256. The second-order valence-electron chi connectivity index (χ2n) is 13.6. The first-order valence-corrected chi connectivity index (χ1v) is 14.1. The third-order valence-corrected chi connectivity index (χ3v) is 12.2. The highest BCUT2D eigenvalue weighted by molar-refractivity contribution is 5.83. The van der Waals surface area contributed by atoms with Crippen molar-refractivity contribution >= 4 is 5.78 Å². The van der Waals surface area contributed by atoms with E-state index in [0.717, 1.165) is 55.3 Å². The van der Waals surface area contributed by atoms with Gasteiger partial charge in [0.25, 0.3) is 0 Å². The normalized spacial score (nSPS) is 44.2. The first-order chi connectivity index (χ1) is 15.5. The minimum atomic E-state index is -0.559. The Hall–Kier alpha value is -0.410. The maximum absolute atomic E-state index is 13.6. The van der Waals surface area contributed by atoms with E-state index in [4.69, 9.17) is 9.47 Å². The van der Waals surface area contributed by atoms with Gasteiger partial charge in [0.1, 0.15) is 5.78 Å². The molecule has 0 aromatic heterocycles. The SMILES string of the molecule is COC1(OC)CCC2(C)C(C1)C(=O)CC1C2CCC2(C)C(C(C)CCC(C)C(C)C)CCC12. The van der Waals surface area contributed by atoms with Crippen LogP contribution in [0.1, 0.15) is 106 Å². The molecule has 190 valence electrons. The molecule has 0 aliphatic heterocycles. The van der Waals surface area contributed by atoms with Crippen molar-refractivity contribution in [1.29, 1.82) is 0 Å². The van der Waals surface area contributed by atoms with Crippen LogP contribution < -0.4 is 0 Å². The van der Waals surface area contributed by atoms with Gasteiger partial charge in [-0.3, -0.25) is 4.79 Å². The third kappa shape index (κ3) is 4.15. The predicted octanol–water partition coefficient (Wildman–Crippen LogP) is 7.52. The van der Waals surface area contributed by atoms with Crippen molar-refractivity contribution in [1.82, 2.24) is 0 Å². The van der Waals surface area contributed by atoms with Crippen molar-refractivity contribution in [2.75, 3.05) is 14.2 Å². The number of hydrogen-bond donors (Lipinski definition) is 0. The van der Waals surface area contributed by atoms with Crippen LogP contribution >= 0.6 is 0 Å². The summed E-state index contributed by atoms with van der Waals surface area (Å²) in [5, 5.41) is 0. The van der Waals surface area contributed by atoms with Crippen LogP contribution in [0.25, 0.3) is 0 Å². The van der Waals surface area contributed by atoms with Gasteiger partial charge in [-0.2, -0.15) is 0 Å². The van der Waals surface area contributed by atoms with Gasteiger partial charge < -0.3 is 9.47 Å². The van der Waals surface area contributed by atoms with E-state index in [-0.39, 0.29) is 11.3 Å². The van der Waals surface area contributed by atoms with Crippen molar-refractivity contribution in [3.05, 3.63) is 0 Å². The molecule has 9 unspecified atom stereocenters. The predicted molar refractivity (Wildman–Crippen MR) is 135 cm³/mol. The summed E-state index contributed by atoms with van der Waals surface area (Å²) in [5.41, 5.74) is 0.556. The van der Waals surface area contributed by atoms with E-state index in [9.17, 15) is 4.79 Å². The van der Waals surface area contributed by atoms with E-state index in [1.807, 2.05) is 0 Å². The molecule has 0 aromatic carbocycles. The smallest absolute Gasteiger partial charge is 0.168 e. The summed E-state index contributed by atoms with van der Waals surface area (Å²) in [7, 11) is 3.49. The van der Waals surface area contributed by atoms with Crippen LogP contribution in [0.4, 0.5) is 0 Å². The maximum Gasteiger partial charge on any atom is 0.168 e. The van der Waals surface area contributed by atoms with E-state index >= 15 is 0 Å². The van der Waals surface area contributed by atoms with Gasteiger partial charge in [0.05, 0.1) is 0 Å². The van der Waals surface area contributed by atoms with Gasteiger partial charge in [0, 0.05) is 39.4 Å². The molecule has 0 saturated heterocycles. The monoisotopic (exact) mass is 460 g/mol. The van der Waals surface area contributed by atoms with Gasteiger partial charge in [0.15, 0.2) is 5.79 Å². The molecule has 9 atom stereocenters. The Labute approximate surface area is 204 Å². The van der Waals surface area contributed by atoms with Gasteiger partial charge in [0.2, 0.25) is 0 Å². The molecule has 4 rings (SSSR count). The topological polar surface area (TPSA) is 35.5 Å². The average Bonchev–Trinajstić information content (AvgIpc) is 3.15. The molecular formula is C30H52O3. The average molecular weight is 461 g/mol. The van der Waals surface area contributed by atoms with Crippen LogP contribution in [0.15, 0.2) is 0 Å².